The number of carbonyl (C=O) groups excluding carboxylic acids is 1. The number of rotatable bonds is 6. The molecule has 5 nitrogen and oxygen atoms in total. The van der Waals surface area contributed by atoms with E-state index in [4.69, 9.17) is 9.47 Å². The Balaban J connectivity index is 1.64. The molecule has 0 radical (unpaired) electrons. The van der Waals surface area contributed by atoms with Crippen LogP contribution >= 0.6 is 0 Å². The van der Waals surface area contributed by atoms with Gasteiger partial charge in [0.25, 0.3) is 0 Å². The molecular weight excluding hydrogens is 304 g/mol. The maximum atomic E-state index is 12.6. The van der Waals surface area contributed by atoms with Gasteiger partial charge in [0.1, 0.15) is 0 Å². The van der Waals surface area contributed by atoms with E-state index in [1.807, 2.05) is 72.3 Å². The highest BCUT2D eigenvalue weighted by Crippen LogP contribution is 2.32. The van der Waals surface area contributed by atoms with Gasteiger partial charge in [0.2, 0.25) is 12.7 Å². The van der Waals surface area contributed by atoms with E-state index in [0.29, 0.717) is 19.6 Å². The van der Waals surface area contributed by atoms with E-state index in [1.54, 1.807) is 0 Å². The van der Waals surface area contributed by atoms with Gasteiger partial charge >= 0.3 is 0 Å². The third kappa shape index (κ3) is 3.62. The predicted octanol–water partition coefficient (Wildman–Crippen LogP) is 2.90. The first kappa shape index (κ1) is 16.2. The van der Waals surface area contributed by atoms with Gasteiger partial charge in [-0.05, 0) is 36.8 Å². The highest BCUT2D eigenvalue weighted by atomic mass is 16.7. The number of benzene rings is 2. The average molecular weight is 326 g/mol. The molecule has 0 aromatic heterocycles. The highest BCUT2D eigenvalue weighted by Gasteiger charge is 2.17. The zero-order valence-electron chi connectivity index (χ0n) is 14.1. The standard InChI is InChI=1S/C19H22N2O3/c1-3-21(12-15-9-10-17-18(11-15)24-14-23-17)19(22)13-20(2)16-7-5-4-6-8-16/h4-11H,3,12-14H2,1-2H3. The monoisotopic (exact) mass is 326 g/mol. The summed E-state index contributed by atoms with van der Waals surface area (Å²) in [6.45, 7) is 3.83. The smallest absolute Gasteiger partial charge is 0.242 e. The number of hydrogen-bond acceptors (Lipinski definition) is 4. The van der Waals surface area contributed by atoms with E-state index < -0.39 is 0 Å². The Morgan fingerprint density at radius 3 is 2.58 bits per heavy atom. The van der Waals surface area contributed by atoms with Gasteiger partial charge in [0, 0.05) is 25.8 Å². The van der Waals surface area contributed by atoms with Crippen molar-refractivity contribution in [3.05, 3.63) is 54.1 Å². The molecule has 2 aromatic carbocycles. The molecule has 0 aliphatic carbocycles. The molecule has 0 bridgehead atoms. The Morgan fingerprint density at radius 2 is 1.83 bits per heavy atom. The van der Waals surface area contributed by atoms with Crippen molar-refractivity contribution in [3.8, 4) is 11.5 Å². The molecule has 3 rings (SSSR count). The maximum absolute atomic E-state index is 12.6. The van der Waals surface area contributed by atoms with Crippen LogP contribution in [-0.4, -0.2) is 37.7 Å². The molecule has 126 valence electrons. The van der Waals surface area contributed by atoms with Crippen LogP contribution in [0.15, 0.2) is 48.5 Å². The van der Waals surface area contributed by atoms with Gasteiger partial charge in [-0.2, -0.15) is 0 Å². The molecular formula is C19H22N2O3. The molecule has 0 fully saturated rings. The van der Waals surface area contributed by atoms with Crippen molar-refractivity contribution >= 4 is 11.6 Å². The number of fused-ring (bicyclic) bond motifs is 1. The summed E-state index contributed by atoms with van der Waals surface area (Å²) in [5.41, 5.74) is 2.07. The number of anilines is 1. The molecule has 1 aliphatic rings. The molecule has 0 saturated carbocycles. The topological polar surface area (TPSA) is 42.0 Å². The third-order valence-electron chi connectivity index (χ3n) is 4.11. The Hall–Kier alpha value is -2.69. The zero-order chi connectivity index (χ0) is 16.9. The summed E-state index contributed by atoms with van der Waals surface area (Å²) >= 11 is 0. The van der Waals surface area contributed by atoms with Gasteiger partial charge in [0.05, 0.1) is 6.54 Å². The van der Waals surface area contributed by atoms with Gasteiger partial charge in [-0.3, -0.25) is 4.79 Å². The van der Waals surface area contributed by atoms with E-state index in [-0.39, 0.29) is 12.7 Å². The Labute approximate surface area is 142 Å². The van der Waals surface area contributed by atoms with Crippen LogP contribution in [0, 0.1) is 0 Å². The fraction of sp³-hybridized carbons (Fsp3) is 0.316. The molecule has 0 saturated heterocycles. The molecule has 0 unspecified atom stereocenters. The SMILES string of the molecule is CCN(Cc1ccc2c(c1)OCO2)C(=O)CN(C)c1ccccc1. The van der Waals surface area contributed by atoms with Gasteiger partial charge in [-0.1, -0.05) is 24.3 Å². The van der Waals surface area contributed by atoms with Crippen LogP contribution < -0.4 is 14.4 Å². The number of nitrogens with zero attached hydrogens (tertiary/aromatic N) is 2. The minimum atomic E-state index is 0.0986. The lowest BCUT2D eigenvalue weighted by atomic mass is 10.2. The molecule has 0 spiro atoms. The lowest BCUT2D eigenvalue weighted by molar-refractivity contribution is -0.130. The van der Waals surface area contributed by atoms with Crippen LogP contribution in [0.2, 0.25) is 0 Å². The fourth-order valence-corrected chi connectivity index (χ4v) is 2.71. The maximum Gasteiger partial charge on any atom is 0.242 e. The van der Waals surface area contributed by atoms with E-state index >= 15 is 0 Å². The summed E-state index contributed by atoms with van der Waals surface area (Å²) in [5.74, 6) is 1.61. The summed E-state index contributed by atoms with van der Waals surface area (Å²) in [6, 6.07) is 15.7. The first-order chi connectivity index (χ1) is 11.7. The molecule has 0 N–H and O–H groups in total. The molecule has 1 amide bonds. The van der Waals surface area contributed by atoms with Crippen molar-refractivity contribution in [3.63, 3.8) is 0 Å². The number of amides is 1. The summed E-state index contributed by atoms with van der Waals surface area (Å²) in [5, 5.41) is 0. The molecule has 1 aliphatic heterocycles. The molecule has 2 aromatic rings. The van der Waals surface area contributed by atoms with Crippen LogP contribution in [0.1, 0.15) is 12.5 Å². The van der Waals surface area contributed by atoms with Crippen molar-refractivity contribution in [2.24, 2.45) is 0 Å². The normalized spacial score (nSPS) is 12.1. The van der Waals surface area contributed by atoms with Crippen molar-refractivity contribution in [2.75, 3.05) is 31.8 Å². The first-order valence-corrected chi connectivity index (χ1v) is 8.10. The summed E-state index contributed by atoms with van der Waals surface area (Å²) < 4.78 is 10.7. The second-order valence-corrected chi connectivity index (χ2v) is 5.79. The Kier molecular flexibility index (Phi) is 4.89. The van der Waals surface area contributed by atoms with Crippen molar-refractivity contribution < 1.29 is 14.3 Å². The van der Waals surface area contributed by atoms with Crippen molar-refractivity contribution in [1.29, 1.82) is 0 Å². The number of ether oxygens (including phenoxy) is 2. The average Bonchev–Trinajstić information content (AvgIpc) is 3.08. The van der Waals surface area contributed by atoms with Gasteiger partial charge < -0.3 is 19.3 Å². The van der Waals surface area contributed by atoms with Crippen molar-refractivity contribution in [1.82, 2.24) is 4.90 Å². The summed E-state index contributed by atoms with van der Waals surface area (Å²) in [4.78, 5) is 16.4. The Morgan fingerprint density at radius 1 is 1.08 bits per heavy atom. The number of carbonyl (C=O) groups is 1. The first-order valence-electron chi connectivity index (χ1n) is 8.10. The summed E-state index contributed by atoms with van der Waals surface area (Å²) in [7, 11) is 1.93. The second kappa shape index (κ2) is 7.25. The largest absolute Gasteiger partial charge is 0.454 e. The van der Waals surface area contributed by atoms with Crippen LogP contribution in [0.5, 0.6) is 11.5 Å². The van der Waals surface area contributed by atoms with E-state index in [2.05, 4.69) is 0 Å². The van der Waals surface area contributed by atoms with E-state index in [9.17, 15) is 4.79 Å². The molecule has 1 heterocycles. The van der Waals surface area contributed by atoms with Crippen LogP contribution in [0.25, 0.3) is 0 Å². The minimum Gasteiger partial charge on any atom is -0.454 e. The molecule has 5 heteroatoms. The number of para-hydroxylation sites is 1. The highest BCUT2D eigenvalue weighted by molar-refractivity contribution is 5.81. The van der Waals surface area contributed by atoms with Crippen LogP contribution in [-0.2, 0) is 11.3 Å². The van der Waals surface area contributed by atoms with E-state index in [1.165, 1.54) is 0 Å². The Bertz CT molecular complexity index is 703. The van der Waals surface area contributed by atoms with Crippen molar-refractivity contribution in [2.45, 2.75) is 13.5 Å². The third-order valence-corrected chi connectivity index (χ3v) is 4.11. The lowest BCUT2D eigenvalue weighted by Crippen LogP contribution is -2.38. The molecule has 0 atom stereocenters. The number of hydrogen-bond donors (Lipinski definition) is 0. The summed E-state index contributed by atoms with van der Waals surface area (Å²) in [6.07, 6.45) is 0. The minimum absolute atomic E-state index is 0.0986. The second-order valence-electron chi connectivity index (χ2n) is 5.79. The fourth-order valence-electron chi connectivity index (χ4n) is 2.71. The lowest BCUT2D eigenvalue weighted by Gasteiger charge is -2.25. The van der Waals surface area contributed by atoms with E-state index in [0.717, 1.165) is 22.7 Å². The quantitative estimate of drug-likeness (QED) is 0.818. The van der Waals surface area contributed by atoms with Crippen LogP contribution in [0.3, 0.4) is 0 Å². The number of likely N-dealkylation sites (N-methyl/N-ethyl adjacent to an activating group) is 2. The predicted molar refractivity (Wildman–Crippen MR) is 93.4 cm³/mol. The zero-order valence-corrected chi connectivity index (χ0v) is 14.1. The molecule has 24 heavy (non-hydrogen) atoms. The van der Waals surface area contributed by atoms with Crippen LogP contribution in [0.4, 0.5) is 5.69 Å². The van der Waals surface area contributed by atoms with Gasteiger partial charge in [0.15, 0.2) is 11.5 Å². The van der Waals surface area contributed by atoms with Gasteiger partial charge in [-0.25, -0.2) is 0 Å². The van der Waals surface area contributed by atoms with Gasteiger partial charge in [-0.15, -0.1) is 0 Å².